The highest BCUT2D eigenvalue weighted by atomic mass is 79.9. The van der Waals surface area contributed by atoms with Gasteiger partial charge in [-0.05, 0) is 32.9 Å². The zero-order valence-electron chi connectivity index (χ0n) is 8.26. The van der Waals surface area contributed by atoms with Crippen LogP contribution in [0.1, 0.15) is 20.8 Å². The number of rotatable bonds is 3. The van der Waals surface area contributed by atoms with E-state index in [2.05, 4.69) is 22.0 Å². The molecule has 0 saturated heterocycles. The summed E-state index contributed by atoms with van der Waals surface area (Å²) in [6.45, 7) is 6.00. The van der Waals surface area contributed by atoms with Crippen LogP contribution < -0.4 is 0 Å². The van der Waals surface area contributed by atoms with Crippen LogP contribution in [0.25, 0.3) is 0 Å². The molecule has 0 rings (SSSR count). The number of nitriles is 1. The number of allylic oxidation sites excluding steroid dienone is 6. The van der Waals surface area contributed by atoms with E-state index >= 15 is 0 Å². The van der Waals surface area contributed by atoms with Crippen molar-refractivity contribution in [3.63, 3.8) is 0 Å². The molecule has 0 spiro atoms. The summed E-state index contributed by atoms with van der Waals surface area (Å²) in [5, 5.41) is 9.58. The average Bonchev–Trinajstić information content (AvgIpc) is 2.11. The van der Waals surface area contributed by atoms with E-state index in [0.717, 1.165) is 10.9 Å². The summed E-state index contributed by atoms with van der Waals surface area (Å²) >= 11 is 3.33. The van der Waals surface area contributed by atoms with E-state index < -0.39 is 0 Å². The van der Waals surface area contributed by atoms with Crippen LogP contribution in [0.5, 0.6) is 0 Å². The SMILES string of the molecule is CC(C)=C/C=C(C#N)\C=C(/C)CBr. The van der Waals surface area contributed by atoms with Gasteiger partial charge in [0.05, 0.1) is 11.6 Å². The number of hydrogen-bond donors (Lipinski definition) is 0. The Balaban J connectivity index is 4.65. The molecule has 0 radical (unpaired) electrons. The smallest absolute Gasteiger partial charge is 0.0991 e. The van der Waals surface area contributed by atoms with Gasteiger partial charge in [0, 0.05) is 5.33 Å². The molecular formula is C11H14BrN. The van der Waals surface area contributed by atoms with Gasteiger partial charge in [-0.25, -0.2) is 0 Å². The van der Waals surface area contributed by atoms with Crippen molar-refractivity contribution in [1.29, 1.82) is 5.26 Å². The van der Waals surface area contributed by atoms with Crippen LogP contribution in [0, 0.1) is 11.3 Å². The first-order valence-electron chi connectivity index (χ1n) is 4.08. The standard InChI is InChI=1S/C11H14BrN/c1-9(2)4-5-11(8-13)6-10(3)7-12/h4-6H,7H2,1-3H3/b10-6+,11-5+. The number of hydrogen-bond acceptors (Lipinski definition) is 1. The minimum Gasteiger partial charge on any atom is -0.192 e. The molecule has 0 unspecified atom stereocenters. The van der Waals surface area contributed by atoms with Crippen LogP contribution in [-0.2, 0) is 0 Å². The third kappa shape index (κ3) is 6.36. The second kappa shape index (κ2) is 6.68. The molecule has 0 aliphatic heterocycles. The van der Waals surface area contributed by atoms with Crippen molar-refractivity contribution in [3.05, 3.63) is 34.9 Å². The maximum absolute atomic E-state index is 8.78. The Morgan fingerprint density at radius 3 is 2.31 bits per heavy atom. The minimum absolute atomic E-state index is 0.693. The lowest BCUT2D eigenvalue weighted by Crippen LogP contribution is -1.79. The summed E-state index contributed by atoms with van der Waals surface area (Å²) in [5.74, 6) is 0. The largest absolute Gasteiger partial charge is 0.192 e. The van der Waals surface area contributed by atoms with Crippen molar-refractivity contribution < 1.29 is 0 Å². The topological polar surface area (TPSA) is 23.8 Å². The lowest BCUT2D eigenvalue weighted by Gasteiger charge is -1.92. The van der Waals surface area contributed by atoms with E-state index in [-0.39, 0.29) is 0 Å². The molecule has 0 fully saturated rings. The van der Waals surface area contributed by atoms with Gasteiger partial charge in [0.15, 0.2) is 0 Å². The zero-order chi connectivity index (χ0) is 10.3. The summed E-state index contributed by atoms with van der Waals surface area (Å²) in [5.41, 5.74) is 3.03. The van der Waals surface area contributed by atoms with Gasteiger partial charge in [0.25, 0.3) is 0 Å². The molecular weight excluding hydrogens is 226 g/mol. The molecule has 1 nitrogen and oxygen atoms in total. The van der Waals surface area contributed by atoms with Crippen LogP contribution in [0.4, 0.5) is 0 Å². The zero-order valence-corrected chi connectivity index (χ0v) is 9.85. The van der Waals surface area contributed by atoms with Crippen LogP contribution in [-0.4, -0.2) is 5.33 Å². The molecule has 2 heteroatoms. The molecule has 13 heavy (non-hydrogen) atoms. The average molecular weight is 240 g/mol. The quantitative estimate of drug-likeness (QED) is 0.418. The van der Waals surface area contributed by atoms with Gasteiger partial charge in [0.2, 0.25) is 0 Å². The van der Waals surface area contributed by atoms with E-state index in [0.29, 0.717) is 5.57 Å². The van der Waals surface area contributed by atoms with Crippen molar-refractivity contribution in [1.82, 2.24) is 0 Å². The fourth-order valence-electron chi connectivity index (χ4n) is 0.678. The van der Waals surface area contributed by atoms with Crippen LogP contribution in [0.3, 0.4) is 0 Å². The first-order chi connectivity index (χ1) is 6.10. The Bertz CT molecular complexity index is 286. The molecule has 0 bridgehead atoms. The maximum atomic E-state index is 8.78. The second-order valence-electron chi connectivity index (χ2n) is 3.10. The van der Waals surface area contributed by atoms with E-state index in [4.69, 9.17) is 5.26 Å². The molecule has 0 saturated carbocycles. The van der Waals surface area contributed by atoms with Crippen LogP contribution >= 0.6 is 15.9 Å². The van der Waals surface area contributed by atoms with Gasteiger partial charge in [-0.1, -0.05) is 33.2 Å². The van der Waals surface area contributed by atoms with Crippen molar-refractivity contribution in [3.8, 4) is 6.07 Å². The lowest BCUT2D eigenvalue weighted by molar-refractivity contribution is 1.37. The molecule has 0 aromatic carbocycles. The molecule has 0 amide bonds. The Morgan fingerprint density at radius 1 is 1.31 bits per heavy atom. The summed E-state index contributed by atoms with van der Waals surface area (Å²) < 4.78 is 0. The van der Waals surface area contributed by atoms with Crippen molar-refractivity contribution in [2.24, 2.45) is 0 Å². The molecule has 70 valence electrons. The molecule has 0 aliphatic rings. The number of alkyl halides is 1. The number of halogens is 1. The summed E-state index contributed by atoms with van der Waals surface area (Å²) in [6, 6.07) is 2.14. The van der Waals surface area contributed by atoms with Gasteiger partial charge >= 0.3 is 0 Å². The molecule has 0 N–H and O–H groups in total. The third-order valence-corrected chi connectivity index (χ3v) is 2.22. The van der Waals surface area contributed by atoms with Crippen molar-refractivity contribution >= 4 is 15.9 Å². The van der Waals surface area contributed by atoms with E-state index in [9.17, 15) is 0 Å². The van der Waals surface area contributed by atoms with E-state index in [1.807, 2.05) is 39.0 Å². The first-order valence-corrected chi connectivity index (χ1v) is 5.20. The summed E-state index contributed by atoms with van der Waals surface area (Å²) in [7, 11) is 0. The number of nitrogens with zero attached hydrogens (tertiary/aromatic N) is 1. The highest BCUT2D eigenvalue weighted by Gasteiger charge is 1.90. The van der Waals surface area contributed by atoms with Crippen LogP contribution in [0.15, 0.2) is 34.9 Å². The van der Waals surface area contributed by atoms with E-state index in [1.54, 1.807) is 0 Å². The molecule has 0 heterocycles. The Hall–Kier alpha value is -0.810. The Kier molecular flexibility index (Phi) is 6.26. The highest BCUT2D eigenvalue weighted by Crippen LogP contribution is 2.05. The van der Waals surface area contributed by atoms with Gasteiger partial charge in [-0.3, -0.25) is 0 Å². The normalized spacial score (nSPS) is 12.2. The monoisotopic (exact) mass is 239 g/mol. The minimum atomic E-state index is 0.693. The third-order valence-electron chi connectivity index (χ3n) is 1.34. The van der Waals surface area contributed by atoms with Gasteiger partial charge in [-0.2, -0.15) is 5.26 Å². The molecule has 0 aromatic rings. The highest BCUT2D eigenvalue weighted by molar-refractivity contribution is 9.09. The first kappa shape index (κ1) is 12.2. The van der Waals surface area contributed by atoms with Gasteiger partial charge in [0.1, 0.15) is 0 Å². The summed E-state index contributed by atoms with van der Waals surface area (Å²) in [6.07, 6.45) is 5.66. The predicted octanol–water partition coefficient (Wildman–Crippen LogP) is 3.74. The maximum Gasteiger partial charge on any atom is 0.0991 e. The fourth-order valence-corrected chi connectivity index (χ4v) is 0.840. The molecule has 0 aliphatic carbocycles. The van der Waals surface area contributed by atoms with Gasteiger partial charge in [-0.15, -0.1) is 0 Å². The molecule has 0 aromatic heterocycles. The Labute approximate surface area is 88.6 Å². The van der Waals surface area contributed by atoms with Crippen molar-refractivity contribution in [2.45, 2.75) is 20.8 Å². The van der Waals surface area contributed by atoms with Crippen LogP contribution in [0.2, 0.25) is 0 Å². The van der Waals surface area contributed by atoms with Crippen molar-refractivity contribution in [2.75, 3.05) is 5.33 Å². The Morgan fingerprint density at radius 2 is 1.92 bits per heavy atom. The summed E-state index contributed by atoms with van der Waals surface area (Å²) in [4.78, 5) is 0. The van der Waals surface area contributed by atoms with Gasteiger partial charge < -0.3 is 0 Å². The molecule has 0 atom stereocenters. The fraction of sp³-hybridized carbons (Fsp3) is 0.364. The van der Waals surface area contributed by atoms with E-state index in [1.165, 1.54) is 5.57 Å². The predicted molar refractivity (Wildman–Crippen MR) is 60.7 cm³/mol. The second-order valence-corrected chi connectivity index (χ2v) is 3.66. The lowest BCUT2D eigenvalue weighted by atomic mass is 10.2.